The average molecular weight is 359 g/mol. The Kier molecular flexibility index (Phi) is 3.46. The molecule has 3 nitrogen and oxygen atoms in total. The summed E-state index contributed by atoms with van der Waals surface area (Å²) in [7, 11) is 0. The molecule has 4 bridgehead atoms. The predicted octanol–water partition coefficient (Wildman–Crippen LogP) is 5.13. The van der Waals surface area contributed by atoms with Crippen molar-refractivity contribution < 1.29 is 4.79 Å². The van der Waals surface area contributed by atoms with Crippen molar-refractivity contribution in [3.05, 3.63) is 18.2 Å². The fourth-order valence-electron chi connectivity index (χ4n) is 5.98. The van der Waals surface area contributed by atoms with E-state index in [4.69, 9.17) is 0 Å². The molecule has 4 saturated carbocycles. The molecule has 1 N–H and O–H groups in total. The van der Waals surface area contributed by atoms with Crippen LogP contribution >= 0.6 is 24.0 Å². The van der Waals surface area contributed by atoms with Crippen LogP contribution in [0.2, 0.25) is 0 Å². The van der Waals surface area contributed by atoms with E-state index in [0.29, 0.717) is 6.42 Å². The van der Waals surface area contributed by atoms with E-state index in [1.165, 1.54) is 38.5 Å². The van der Waals surface area contributed by atoms with Gasteiger partial charge in [0, 0.05) is 11.3 Å². The van der Waals surface area contributed by atoms with Crippen molar-refractivity contribution in [2.75, 3.05) is 5.32 Å². The van der Waals surface area contributed by atoms with Crippen molar-refractivity contribution in [1.29, 1.82) is 0 Å². The van der Waals surface area contributed by atoms with Crippen LogP contribution in [0.1, 0.15) is 44.9 Å². The molecule has 0 saturated heterocycles. The van der Waals surface area contributed by atoms with Gasteiger partial charge in [-0.1, -0.05) is 11.3 Å². The standard InChI is InChI=1S/C19H22N2OS2/c22-17(21-18-20-15-2-1-14(23)6-16(15)24-18)10-19-7-11-3-12(8-19)5-13(4-11)9-19/h1-2,6,11-13,23H,3-5,7-10H2,(H,20,21,22). The van der Waals surface area contributed by atoms with Gasteiger partial charge in [-0.05, 0) is 79.9 Å². The van der Waals surface area contributed by atoms with Gasteiger partial charge >= 0.3 is 0 Å². The molecule has 4 aliphatic carbocycles. The van der Waals surface area contributed by atoms with Crippen molar-refractivity contribution in [3.8, 4) is 0 Å². The number of thiazole rings is 1. The Morgan fingerprint density at radius 3 is 2.54 bits per heavy atom. The van der Waals surface area contributed by atoms with Crippen LogP contribution in [-0.4, -0.2) is 10.9 Å². The quantitative estimate of drug-likeness (QED) is 0.747. The summed E-state index contributed by atoms with van der Waals surface area (Å²) >= 11 is 5.91. The molecule has 0 spiro atoms. The molecule has 1 heterocycles. The van der Waals surface area contributed by atoms with Gasteiger partial charge in [-0.15, -0.1) is 12.6 Å². The monoisotopic (exact) mass is 358 g/mol. The number of anilines is 1. The van der Waals surface area contributed by atoms with Gasteiger partial charge in [0.15, 0.2) is 5.13 Å². The van der Waals surface area contributed by atoms with Gasteiger partial charge < -0.3 is 5.32 Å². The summed E-state index contributed by atoms with van der Waals surface area (Å²) in [6.45, 7) is 0. The first-order valence-electron chi connectivity index (χ1n) is 8.96. The highest BCUT2D eigenvalue weighted by Crippen LogP contribution is 2.61. The molecule has 2 aromatic rings. The van der Waals surface area contributed by atoms with Crippen molar-refractivity contribution in [2.45, 2.75) is 49.8 Å². The number of carbonyl (C=O) groups excluding carboxylic acids is 1. The van der Waals surface area contributed by atoms with Crippen LogP contribution in [0.25, 0.3) is 10.2 Å². The summed E-state index contributed by atoms with van der Waals surface area (Å²) in [5, 5.41) is 3.79. The Balaban J connectivity index is 1.31. The van der Waals surface area contributed by atoms with Gasteiger partial charge in [0.1, 0.15) is 0 Å². The van der Waals surface area contributed by atoms with E-state index < -0.39 is 0 Å². The zero-order valence-corrected chi connectivity index (χ0v) is 15.3. The van der Waals surface area contributed by atoms with E-state index in [0.717, 1.165) is 38.0 Å². The topological polar surface area (TPSA) is 42.0 Å². The largest absolute Gasteiger partial charge is 0.302 e. The highest BCUT2D eigenvalue weighted by molar-refractivity contribution is 7.80. The molecule has 1 aromatic carbocycles. The Bertz CT molecular complexity index is 778. The van der Waals surface area contributed by atoms with Gasteiger partial charge in [-0.3, -0.25) is 4.79 Å². The van der Waals surface area contributed by atoms with Crippen LogP contribution in [0.15, 0.2) is 23.1 Å². The van der Waals surface area contributed by atoms with Crippen molar-refractivity contribution in [1.82, 2.24) is 4.98 Å². The Morgan fingerprint density at radius 1 is 1.21 bits per heavy atom. The highest BCUT2D eigenvalue weighted by atomic mass is 32.1. The molecule has 1 amide bonds. The number of nitrogens with zero attached hydrogens (tertiary/aromatic N) is 1. The number of aromatic nitrogens is 1. The van der Waals surface area contributed by atoms with E-state index in [1.807, 2.05) is 18.2 Å². The number of rotatable bonds is 3. The molecule has 126 valence electrons. The van der Waals surface area contributed by atoms with Crippen molar-refractivity contribution >= 4 is 45.2 Å². The zero-order valence-electron chi connectivity index (χ0n) is 13.6. The maximum absolute atomic E-state index is 12.7. The summed E-state index contributed by atoms with van der Waals surface area (Å²) in [5.74, 6) is 2.82. The number of thiol groups is 1. The first-order chi connectivity index (χ1) is 11.6. The van der Waals surface area contributed by atoms with Crippen LogP contribution < -0.4 is 5.32 Å². The number of fused-ring (bicyclic) bond motifs is 1. The Labute approximate surface area is 151 Å². The van der Waals surface area contributed by atoms with Crippen LogP contribution in [0.5, 0.6) is 0 Å². The maximum atomic E-state index is 12.7. The lowest BCUT2D eigenvalue weighted by Crippen LogP contribution is -2.47. The molecule has 0 atom stereocenters. The fraction of sp³-hybridized carbons (Fsp3) is 0.579. The number of amides is 1. The highest BCUT2D eigenvalue weighted by Gasteiger charge is 2.51. The van der Waals surface area contributed by atoms with Crippen molar-refractivity contribution in [3.63, 3.8) is 0 Å². The van der Waals surface area contributed by atoms with Gasteiger partial charge in [-0.25, -0.2) is 4.98 Å². The molecule has 4 aliphatic rings. The number of hydrogen-bond donors (Lipinski definition) is 2. The predicted molar refractivity (Wildman–Crippen MR) is 101 cm³/mol. The van der Waals surface area contributed by atoms with Crippen molar-refractivity contribution in [2.24, 2.45) is 23.2 Å². The third-order valence-electron chi connectivity index (χ3n) is 6.32. The third kappa shape index (κ3) is 2.66. The van der Waals surface area contributed by atoms with Gasteiger partial charge in [0.05, 0.1) is 10.2 Å². The van der Waals surface area contributed by atoms with Gasteiger partial charge in [0.25, 0.3) is 0 Å². The van der Waals surface area contributed by atoms with Gasteiger partial charge in [-0.2, -0.15) is 0 Å². The molecule has 24 heavy (non-hydrogen) atoms. The fourth-order valence-corrected chi connectivity index (χ4v) is 7.19. The lowest BCUT2D eigenvalue weighted by atomic mass is 9.49. The van der Waals surface area contributed by atoms with E-state index in [2.05, 4.69) is 22.9 Å². The van der Waals surface area contributed by atoms with E-state index in [9.17, 15) is 4.79 Å². The second-order valence-corrected chi connectivity index (χ2v) is 9.86. The molecular formula is C19H22N2OS2. The van der Waals surface area contributed by atoms with E-state index in [1.54, 1.807) is 11.3 Å². The third-order valence-corrected chi connectivity index (χ3v) is 7.53. The Morgan fingerprint density at radius 2 is 1.88 bits per heavy atom. The van der Waals surface area contributed by atoms with Crippen LogP contribution in [-0.2, 0) is 4.79 Å². The lowest BCUT2D eigenvalue weighted by molar-refractivity contribution is -0.124. The van der Waals surface area contributed by atoms with E-state index >= 15 is 0 Å². The molecule has 0 aliphatic heterocycles. The smallest absolute Gasteiger partial charge is 0.226 e. The molecule has 5 heteroatoms. The van der Waals surface area contributed by atoms with E-state index in [-0.39, 0.29) is 11.3 Å². The number of nitrogens with one attached hydrogen (secondary N) is 1. The minimum Gasteiger partial charge on any atom is -0.302 e. The normalized spacial score (nSPS) is 34.0. The molecule has 6 rings (SSSR count). The minimum atomic E-state index is 0.155. The molecule has 1 aromatic heterocycles. The molecular weight excluding hydrogens is 336 g/mol. The number of hydrogen-bond acceptors (Lipinski definition) is 4. The molecule has 4 fully saturated rings. The molecule has 0 unspecified atom stereocenters. The molecule has 0 radical (unpaired) electrons. The minimum absolute atomic E-state index is 0.155. The summed E-state index contributed by atoms with van der Waals surface area (Å²) in [4.78, 5) is 18.2. The zero-order chi connectivity index (χ0) is 16.3. The first-order valence-corrected chi connectivity index (χ1v) is 10.2. The summed E-state index contributed by atoms with van der Waals surface area (Å²) < 4.78 is 1.08. The van der Waals surface area contributed by atoms with Crippen LogP contribution in [0.4, 0.5) is 5.13 Å². The maximum Gasteiger partial charge on any atom is 0.226 e. The first kappa shape index (κ1) is 15.2. The van der Waals surface area contributed by atoms with Crippen LogP contribution in [0, 0.1) is 23.2 Å². The number of benzene rings is 1. The summed E-state index contributed by atoms with van der Waals surface area (Å²) in [6, 6.07) is 5.90. The lowest BCUT2D eigenvalue weighted by Gasteiger charge is -2.56. The SMILES string of the molecule is O=C(CC12CC3CC(CC(C3)C1)C2)Nc1nc2ccc(S)cc2s1. The van der Waals surface area contributed by atoms with Gasteiger partial charge in [0.2, 0.25) is 5.91 Å². The number of carbonyl (C=O) groups is 1. The summed E-state index contributed by atoms with van der Waals surface area (Å²) in [6.07, 6.45) is 8.77. The summed E-state index contributed by atoms with van der Waals surface area (Å²) in [5.41, 5.74) is 1.22. The Hall–Kier alpha value is -1.07. The second kappa shape index (κ2) is 5.46. The second-order valence-electron chi connectivity index (χ2n) is 8.31. The van der Waals surface area contributed by atoms with Crippen LogP contribution in [0.3, 0.4) is 0 Å². The average Bonchev–Trinajstić information content (AvgIpc) is 2.85.